The molecule has 2 N–H and O–H groups in total. The number of unbranched alkanes of at least 4 members (excludes halogenated alkanes) is 1. The van der Waals surface area contributed by atoms with Crippen molar-refractivity contribution in [3.05, 3.63) is 35.9 Å². The first-order valence-electron chi connectivity index (χ1n) is 10.5. The maximum Gasteiger partial charge on any atom is 0.191 e. The van der Waals surface area contributed by atoms with Gasteiger partial charge in [0.25, 0.3) is 0 Å². The fourth-order valence-corrected chi connectivity index (χ4v) is 3.54. The molecule has 1 aromatic carbocycles. The number of rotatable bonds is 10. The molecule has 5 heteroatoms. The first-order chi connectivity index (χ1) is 13.1. The molecule has 27 heavy (non-hydrogen) atoms. The number of nitrogens with zero attached hydrogens (tertiary/aromatic N) is 3. The van der Waals surface area contributed by atoms with Crippen molar-refractivity contribution in [2.24, 2.45) is 4.99 Å². The molecule has 0 aliphatic carbocycles. The highest BCUT2D eigenvalue weighted by Crippen LogP contribution is 2.19. The Morgan fingerprint density at radius 3 is 2.70 bits per heavy atom. The maximum absolute atomic E-state index is 4.38. The predicted octanol–water partition coefficient (Wildman–Crippen LogP) is 2.94. The Hall–Kier alpha value is -1.59. The van der Waals surface area contributed by atoms with E-state index in [-0.39, 0.29) is 0 Å². The molecule has 1 atom stereocenters. The number of benzene rings is 1. The zero-order valence-corrected chi connectivity index (χ0v) is 17.7. The number of guanidine groups is 1. The third-order valence-electron chi connectivity index (χ3n) is 5.57. The molecule has 5 nitrogen and oxygen atoms in total. The molecule has 0 amide bonds. The lowest BCUT2D eigenvalue weighted by atomic mass is 10.2. The summed E-state index contributed by atoms with van der Waals surface area (Å²) in [5.41, 5.74) is 1.40. The van der Waals surface area contributed by atoms with Crippen molar-refractivity contribution in [3.8, 4) is 0 Å². The fraction of sp³-hybridized carbons (Fsp3) is 0.682. The Balaban J connectivity index is 1.66. The summed E-state index contributed by atoms with van der Waals surface area (Å²) in [5, 5.41) is 6.99. The van der Waals surface area contributed by atoms with Crippen LogP contribution in [-0.4, -0.2) is 68.1 Å². The van der Waals surface area contributed by atoms with Crippen LogP contribution in [0.15, 0.2) is 35.3 Å². The van der Waals surface area contributed by atoms with Crippen molar-refractivity contribution < 1.29 is 0 Å². The minimum Gasteiger partial charge on any atom is -0.356 e. The van der Waals surface area contributed by atoms with Crippen molar-refractivity contribution in [1.29, 1.82) is 0 Å². The summed E-state index contributed by atoms with van der Waals surface area (Å²) >= 11 is 0. The lowest BCUT2D eigenvalue weighted by molar-refractivity contribution is 0.245. The van der Waals surface area contributed by atoms with Crippen LogP contribution in [-0.2, 0) is 6.54 Å². The van der Waals surface area contributed by atoms with Crippen LogP contribution in [0.3, 0.4) is 0 Å². The zero-order chi connectivity index (χ0) is 19.5. The number of aliphatic imine (C=N–C) groups is 1. The van der Waals surface area contributed by atoms with Gasteiger partial charge in [0, 0.05) is 38.8 Å². The molecule has 0 radical (unpaired) electrons. The van der Waals surface area contributed by atoms with Gasteiger partial charge < -0.3 is 15.5 Å². The first-order valence-corrected chi connectivity index (χ1v) is 10.5. The topological polar surface area (TPSA) is 42.9 Å². The molecular weight excluding hydrogens is 334 g/mol. The van der Waals surface area contributed by atoms with Crippen LogP contribution in [0.1, 0.15) is 45.1 Å². The minimum absolute atomic E-state index is 0.587. The van der Waals surface area contributed by atoms with Crippen LogP contribution < -0.4 is 10.6 Å². The normalized spacial score (nSPS) is 18.4. The second kappa shape index (κ2) is 12.0. The zero-order valence-electron chi connectivity index (χ0n) is 17.7. The van der Waals surface area contributed by atoms with Crippen LogP contribution >= 0.6 is 0 Å². The van der Waals surface area contributed by atoms with Crippen molar-refractivity contribution in [1.82, 2.24) is 20.4 Å². The van der Waals surface area contributed by atoms with Gasteiger partial charge in [-0.05, 0) is 65.2 Å². The Morgan fingerprint density at radius 2 is 2.00 bits per heavy atom. The Labute approximate surface area is 166 Å². The van der Waals surface area contributed by atoms with Gasteiger partial charge in [-0.15, -0.1) is 0 Å². The Kier molecular flexibility index (Phi) is 9.64. The van der Waals surface area contributed by atoms with Gasteiger partial charge in [-0.2, -0.15) is 0 Å². The molecule has 0 bridgehead atoms. The van der Waals surface area contributed by atoms with E-state index in [1.807, 2.05) is 7.05 Å². The number of hydrogen-bond acceptors (Lipinski definition) is 3. The maximum atomic E-state index is 4.38. The summed E-state index contributed by atoms with van der Waals surface area (Å²) in [7, 11) is 4.06. The quantitative estimate of drug-likeness (QED) is 0.376. The average Bonchev–Trinajstić information content (AvgIpc) is 3.11. The highest BCUT2D eigenvalue weighted by atomic mass is 15.2. The molecule has 1 heterocycles. The molecule has 1 aliphatic heterocycles. The lowest BCUT2D eigenvalue weighted by Crippen LogP contribution is -2.45. The van der Waals surface area contributed by atoms with Gasteiger partial charge in [-0.25, -0.2) is 0 Å². The second-order valence-corrected chi connectivity index (χ2v) is 7.91. The van der Waals surface area contributed by atoms with Gasteiger partial charge in [-0.1, -0.05) is 30.3 Å². The summed E-state index contributed by atoms with van der Waals surface area (Å²) in [4.78, 5) is 9.38. The van der Waals surface area contributed by atoms with E-state index >= 15 is 0 Å². The van der Waals surface area contributed by atoms with E-state index in [1.165, 1.54) is 37.8 Å². The summed E-state index contributed by atoms with van der Waals surface area (Å²) in [6.07, 6.45) is 4.93. The van der Waals surface area contributed by atoms with E-state index < -0.39 is 0 Å². The van der Waals surface area contributed by atoms with Crippen LogP contribution in [0.5, 0.6) is 0 Å². The van der Waals surface area contributed by atoms with Gasteiger partial charge in [0.1, 0.15) is 0 Å². The Morgan fingerprint density at radius 1 is 1.22 bits per heavy atom. The monoisotopic (exact) mass is 373 g/mol. The van der Waals surface area contributed by atoms with Crippen molar-refractivity contribution in [2.75, 3.05) is 40.3 Å². The summed E-state index contributed by atoms with van der Waals surface area (Å²) in [5.74, 6) is 0.929. The average molecular weight is 374 g/mol. The highest BCUT2D eigenvalue weighted by Gasteiger charge is 2.24. The van der Waals surface area contributed by atoms with Crippen LogP contribution in [0, 0.1) is 0 Å². The summed E-state index contributed by atoms with van der Waals surface area (Å²) in [6.45, 7) is 9.82. The number of likely N-dealkylation sites (tertiary alicyclic amines) is 1. The Bertz CT molecular complexity index is 543. The third kappa shape index (κ3) is 7.89. The molecule has 1 fully saturated rings. The molecule has 1 unspecified atom stereocenters. The van der Waals surface area contributed by atoms with Gasteiger partial charge >= 0.3 is 0 Å². The molecule has 1 aromatic rings. The van der Waals surface area contributed by atoms with Crippen LogP contribution in [0.4, 0.5) is 0 Å². The molecule has 1 saturated heterocycles. The highest BCUT2D eigenvalue weighted by molar-refractivity contribution is 5.79. The summed E-state index contributed by atoms with van der Waals surface area (Å²) < 4.78 is 0. The number of nitrogens with one attached hydrogen (secondary N) is 2. The van der Waals surface area contributed by atoms with Crippen LogP contribution in [0.25, 0.3) is 0 Å². The molecule has 0 aromatic heterocycles. The minimum atomic E-state index is 0.587. The first kappa shape index (κ1) is 21.7. The van der Waals surface area contributed by atoms with E-state index in [0.717, 1.165) is 32.1 Å². The molecule has 152 valence electrons. The SMILES string of the molecule is CN=C(NCCCCN(C)C(C)C)NCC1CCCN1Cc1ccccc1. The van der Waals surface area contributed by atoms with Crippen molar-refractivity contribution in [3.63, 3.8) is 0 Å². The number of hydrogen-bond donors (Lipinski definition) is 2. The predicted molar refractivity (Wildman–Crippen MR) is 116 cm³/mol. The van der Waals surface area contributed by atoms with E-state index in [9.17, 15) is 0 Å². The van der Waals surface area contributed by atoms with Gasteiger partial charge in [0.2, 0.25) is 0 Å². The van der Waals surface area contributed by atoms with Crippen LogP contribution in [0.2, 0.25) is 0 Å². The lowest BCUT2D eigenvalue weighted by Gasteiger charge is -2.25. The van der Waals surface area contributed by atoms with E-state index in [4.69, 9.17) is 0 Å². The molecule has 0 spiro atoms. The van der Waals surface area contributed by atoms with E-state index in [1.54, 1.807) is 0 Å². The summed E-state index contributed by atoms with van der Waals surface area (Å²) in [6, 6.07) is 12.0. The molecular formula is C22H39N5. The molecule has 2 rings (SSSR count). The van der Waals surface area contributed by atoms with Crippen molar-refractivity contribution >= 4 is 5.96 Å². The second-order valence-electron chi connectivity index (χ2n) is 7.91. The van der Waals surface area contributed by atoms with Gasteiger partial charge in [0.05, 0.1) is 0 Å². The van der Waals surface area contributed by atoms with Gasteiger partial charge in [-0.3, -0.25) is 9.89 Å². The molecule has 0 saturated carbocycles. The largest absolute Gasteiger partial charge is 0.356 e. The van der Waals surface area contributed by atoms with Crippen molar-refractivity contribution in [2.45, 2.75) is 58.2 Å². The van der Waals surface area contributed by atoms with E-state index in [2.05, 4.69) is 76.7 Å². The third-order valence-corrected chi connectivity index (χ3v) is 5.57. The fourth-order valence-electron chi connectivity index (χ4n) is 3.54. The van der Waals surface area contributed by atoms with E-state index in [0.29, 0.717) is 12.1 Å². The van der Waals surface area contributed by atoms with Gasteiger partial charge in [0.15, 0.2) is 5.96 Å². The molecule has 1 aliphatic rings. The smallest absolute Gasteiger partial charge is 0.191 e. The standard InChI is InChI=1S/C22H39N5/c1-19(2)26(4)15-9-8-14-24-22(23-3)25-17-21-13-10-16-27(21)18-20-11-6-5-7-12-20/h5-7,11-12,19,21H,8-10,13-18H2,1-4H3,(H2,23,24,25).